The van der Waals surface area contributed by atoms with Gasteiger partial charge in [0.2, 0.25) is 5.91 Å². The van der Waals surface area contributed by atoms with Gasteiger partial charge in [-0.3, -0.25) is 9.79 Å². The molecular weight excluding hydrogens is 427 g/mol. The number of piperidine rings is 1. The summed E-state index contributed by atoms with van der Waals surface area (Å²) in [5.74, 6) is 0.521. The molecule has 0 spiro atoms. The van der Waals surface area contributed by atoms with Crippen LogP contribution in [-0.4, -0.2) is 47.8 Å². The van der Waals surface area contributed by atoms with Crippen LogP contribution in [0.2, 0.25) is 0 Å². The lowest BCUT2D eigenvalue weighted by Gasteiger charge is -2.44. The summed E-state index contributed by atoms with van der Waals surface area (Å²) < 4.78 is 16.5. The number of rotatable bonds is 5. The molecule has 2 aromatic rings. The topological polar surface area (TPSA) is 49.6 Å². The van der Waals surface area contributed by atoms with Crippen molar-refractivity contribution in [3.63, 3.8) is 0 Å². The number of carbonyl (C=O) groups excluding carboxylic acids is 1. The van der Waals surface area contributed by atoms with Crippen molar-refractivity contribution >= 4 is 23.0 Å². The molecule has 0 unspecified atom stereocenters. The van der Waals surface area contributed by atoms with Gasteiger partial charge in [-0.15, -0.1) is 0 Å². The number of aromatic nitrogens is 1. The third-order valence-corrected chi connectivity index (χ3v) is 8.18. The van der Waals surface area contributed by atoms with Crippen LogP contribution in [0, 0.1) is 17.2 Å². The van der Waals surface area contributed by atoms with Crippen molar-refractivity contribution in [2.75, 3.05) is 20.1 Å². The molecular formula is C28H41FN4O. The molecule has 2 heterocycles. The molecule has 1 aliphatic heterocycles. The van der Waals surface area contributed by atoms with Gasteiger partial charge in [0.25, 0.3) is 0 Å². The molecule has 4 rings (SSSR count). The van der Waals surface area contributed by atoms with Crippen molar-refractivity contribution in [1.82, 2.24) is 14.8 Å². The van der Waals surface area contributed by atoms with Crippen LogP contribution in [0.4, 0.5) is 4.39 Å². The molecule has 0 atom stereocenters. The number of benzene rings is 1. The highest BCUT2D eigenvalue weighted by molar-refractivity contribution is 6.01. The Morgan fingerprint density at radius 2 is 1.79 bits per heavy atom. The predicted molar refractivity (Wildman–Crippen MR) is 138 cm³/mol. The molecule has 6 heteroatoms. The standard InChI is InChI=1S/C28H41FN4O/c1-19(34)31-18-27-25(17-30-5)24-16-21(29)8-11-26(24)33(27)23-12-14-32(15-13-23)22-9-6-20(7-10-22)28(2,3)4/h8,11,16-17,20,22-23H,6-7,9-10,12-15,18H2,1-5H3,(H,31,34)/b30-17-/t20-,22+. The highest BCUT2D eigenvalue weighted by Crippen LogP contribution is 2.40. The number of hydrogen-bond acceptors (Lipinski definition) is 3. The van der Waals surface area contributed by atoms with E-state index in [1.165, 1.54) is 38.7 Å². The van der Waals surface area contributed by atoms with Crippen LogP contribution in [0.15, 0.2) is 23.2 Å². The molecule has 0 bridgehead atoms. The number of fused-ring (bicyclic) bond motifs is 1. The van der Waals surface area contributed by atoms with Crippen LogP contribution in [-0.2, 0) is 11.3 Å². The average molecular weight is 469 g/mol. The van der Waals surface area contributed by atoms with Crippen LogP contribution < -0.4 is 5.32 Å². The molecule has 1 aliphatic carbocycles. The fourth-order valence-electron chi connectivity index (χ4n) is 6.26. The van der Waals surface area contributed by atoms with Crippen molar-refractivity contribution < 1.29 is 9.18 Å². The Hall–Kier alpha value is -2.21. The third kappa shape index (κ3) is 5.22. The number of hydrogen-bond donors (Lipinski definition) is 1. The highest BCUT2D eigenvalue weighted by atomic mass is 19.1. The Balaban J connectivity index is 1.55. The lowest BCUT2D eigenvalue weighted by molar-refractivity contribution is -0.119. The van der Waals surface area contributed by atoms with E-state index in [9.17, 15) is 9.18 Å². The molecule has 5 nitrogen and oxygen atoms in total. The maximum Gasteiger partial charge on any atom is 0.217 e. The van der Waals surface area contributed by atoms with Crippen molar-refractivity contribution in [3.05, 3.63) is 35.3 Å². The van der Waals surface area contributed by atoms with Gasteiger partial charge in [-0.05, 0) is 68.1 Å². The normalized spacial score (nSPS) is 23.1. The van der Waals surface area contributed by atoms with Gasteiger partial charge in [0, 0.05) is 67.5 Å². The van der Waals surface area contributed by atoms with Gasteiger partial charge < -0.3 is 14.8 Å². The zero-order chi connectivity index (χ0) is 24.5. The summed E-state index contributed by atoms with van der Waals surface area (Å²) in [5, 5.41) is 3.84. The Kier molecular flexibility index (Phi) is 7.46. The van der Waals surface area contributed by atoms with Gasteiger partial charge in [0.05, 0.1) is 6.54 Å². The summed E-state index contributed by atoms with van der Waals surface area (Å²) >= 11 is 0. The number of carbonyl (C=O) groups is 1. The molecule has 1 aromatic heterocycles. The van der Waals surface area contributed by atoms with Gasteiger partial charge in [0.1, 0.15) is 5.82 Å². The molecule has 1 saturated heterocycles. The molecule has 2 fully saturated rings. The Morgan fingerprint density at radius 1 is 1.12 bits per heavy atom. The maximum atomic E-state index is 14.2. The van der Waals surface area contributed by atoms with Crippen LogP contribution in [0.5, 0.6) is 0 Å². The lowest BCUT2D eigenvalue weighted by Crippen LogP contribution is -2.44. The van der Waals surface area contributed by atoms with E-state index in [4.69, 9.17) is 0 Å². The van der Waals surface area contributed by atoms with Gasteiger partial charge in [-0.1, -0.05) is 20.8 Å². The largest absolute Gasteiger partial charge is 0.351 e. The van der Waals surface area contributed by atoms with Crippen molar-refractivity contribution in [2.24, 2.45) is 16.3 Å². The fourth-order valence-corrected chi connectivity index (χ4v) is 6.26. The van der Waals surface area contributed by atoms with Crippen LogP contribution in [0.25, 0.3) is 10.9 Å². The molecule has 2 aliphatic rings. The van der Waals surface area contributed by atoms with E-state index >= 15 is 0 Å². The molecule has 34 heavy (non-hydrogen) atoms. The van der Waals surface area contributed by atoms with E-state index in [0.717, 1.165) is 54.0 Å². The molecule has 1 aromatic carbocycles. The first-order valence-corrected chi connectivity index (χ1v) is 12.9. The van der Waals surface area contributed by atoms with E-state index in [0.29, 0.717) is 24.0 Å². The van der Waals surface area contributed by atoms with Crippen LogP contribution >= 0.6 is 0 Å². The minimum atomic E-state index is -0.248. The first kappa shape index (κ1) is 24.9. The van der Waals surface area contributed by atoms with Gasteiger partial charge >= 0.3 is 0 Å². The number of halogens is 1. The van der Waals surface area contributed by atoms with Crippen molar-refractivity contribution in [1.29, 1.82) is 0 Å². The van der Waals surface area contributed by atoms with Gasteiger partial charge in [-0.25, -0.2) is 4.39 Å². The maximum absolute atomic E-state index is 14.2. The minimum absolute atomic E-state index is 0.0666. The summed E-state index contributed by atoms with van der Waals surface area (Å²) in [4.78, 5) is 18.7. The zero-order valence-electron chi connectivity index (χ0n) is 21.5. The van der Waals surface area contributed by atoms with E-state index in [1.54, 1.807) is 19.3 Å². The summed E-state index contributed by atoms with van der Waals surface area (Å²) in [6.45, 7) is 11.3. The van der Waals surface area contributed by atoms with E-state index < -0.39 is 0 Å². The van der Waals surface area contributed by atoms with E-state index in [1.807, 2.05) is 6.07 Å². The Bertz CT molecular complexity index is 1030. The fraction of sp³-hybridized carbons (Fsp3) is 0.643. The average Bonchev–Trinajstić information content (AvgIpc) is 3.10. The molecule has 0 radical (unpaired) electrons. The summed E-state index contributed by atoms with van der Waals surface area (Å²) in [7, 11) is 1.73. The molecule has 186 valence electrons. The highest BCUT2D eigenvalue weighted by Gasteiger charge is 2.34. The predicted octanol–water partition coefficient (Wildman–Crippen LogP) is 5.71. The smallest absolute Gasteiger partial charge is 0.217 e. The summed E-state index contributed by atoms with van der Waals surface area (Å²) in [5.41, 5.74) is 3.37. The Morgan fingerprint density at radius 3 is 2.38 bits per heavy atom. The van der Waals surface area contributed by atoms with E-state index in [2.05, 4.69) is 40.5 Å². The molecule has 1 N–H and O–H groups in total. The second kappa shape index (κ2) is 10.2. The quantitative estimate of drug-likeness (QED) is 0.572. The number of nitrogens with one attached hydrogen (secondary N) is 1. The van der Waals surface area contributed by atoms with Crippen LogP contribution in [0.3, 0.4) is 0 Å². The van der Waals surface area contributed by atoms with Crippen molar-refractivity contribution in [3.8, 4) is 0 Å². The van der Waals surface area contributed by atoms with Gasteiger partial charge in [-0.2, -0.15) is 0 Å². The van der Waals surface area contributed by atoms with Gasteiger partial charge in [0.15, 0.2) is 0 Å². The van der Waals surface area contributed by atoms with Crippen LogP contribution in [0.1, 0.15) is 83.5 Å². The first-order chi connectivity index (χ1) is 16.2. The Labute approximate surface area is 203 Å². The molecule has 1 amide bonds. The first-order valence-electron chi connectivity index (χ1n) is 12.9. The monoisotopic (exact) mass is 468 g/mol. The molecule has 1 saturated carbocycles. The number of nitrogens with zero attached hydrogens (tertiary/aromatic N) is 3. The number of amides is 1. The zero-order valence-corrected chi connectivity index (χ0v) is 21.5. The third-order valence-electron chi connectivity index (χ3n) is 8.18. The lowest BCUT2D eigenvalue weighted by atomic mass is 9.71. The summed E-state index contributed by atoms with van der Waals surface area (Å²) in [6.07, 6.45) is 9.22. The SMILES string of the molecule is C/N=C\c1c(CNC(C)=O)n(C2CCN([C@H]3CC[C@@H](C(C)(C)C)CC3)CC2)c2ccc(F)cc12. The van der Waals surface area contributed by atoms with E-state index in [-0.39, 0.29) is 11.7 Å². The second-order valence-corrected chi connectivity index (χ2v) is 11.3. The number of aliphatic imine (C=N–C) groups is 1. The second-order valence-electron chi connectivity index (χ2n) is 11.3. The summed E-state index contributed by atoms with van der Waals surface area (Å²) in [6, 6.07) is 6.06. The minimum Gasteiger partial charge on any atom is -0.351 e. The number of likely N-dealkylation sites (tertiary alicyclic amines) is 1. The van der Waals surface area contributed by atoms with Crippen molar-refractivity contribution in [2.45, 2.75) is 84.8 Å².